The van der Waals surface area contributed by atoms with Crippen molar-refractivity contribution in [2.45, 2.75) is 46.0 Å². The van der Waals surface area contributed by atoms with E-state index in [1.165, 1.54) is 0 Å². The van der Waals surface area contributed by atoms with Crippen LogP contribution in [0.3, 0.4) is 0 Å². The van der Waals surface area contributed by atoms with Gasteiger partial charge in [-0.2, -0.15) is 0 Å². The van der Waals surface area contributed by atoms with E-state index in [1.807, 2.05) is 6.92 Å². The average molecular weight is 359 g/mol. The predicted molar refractivity (Wildman–Crippen MR) is 97.8 cm³/mol. The molecular weight excluding hydrogens is 334 g/mol. The zero-order valence-electron chi connectivity index (χ0n) is 15.6. The van der Waals surface area contributed by atoms with Crippen LogP contribution < -0.4 is 20.1 Å². The second-order valence-corrected chi connectivity index (χ2v) is 7.33. The summed E-state index contributed by atoms with van der Waals surface area (Å²) in [5, 5.41) is 5.63. The second-order valence-electron chi connectivity index (χ2n) is 7.33. The van der Waals surface area contributed by atoms with Gasteiger partial charge in [-0.15, -0.1) is 0 Å². The van der Waals surface area contributed by atoms with Gasteiger partial charge in [-0.05, 0) is 25.5 Å². The molecule has 0 unspecified atom stereocenters. The summed E-state index contributed by atoms with van der Waals surface area (Å²) in [4.78, 5) is 16.5. The minimum Gasteiger partial charge on any atom is -0.454 e. The number of amides is 2. The van der Waals surface area contributed by atoms with Crippen molar-refractivity contribution < 1.29 is 18.7 Å². The van der Waals surface area contributed by atoms with Crippen LogP contribution in [-0.4, -0.2) is 24.4 Å². The quantitative estimate of drug-likeness (QED) is 0.794. The summed E-state index contributed by atoms with van der Waals surface area (Å²) >= 11 is 0. The molecule has 0 bridgehead atoms. The molecule has 1 aromatic carbocycles. The Morgan fingerprint density at radius 3 is 2.73 bits per heavy atom. The number of anilines is 1. The standard InChI is InChI=1S/C19H25N3O4/c1-12-14(26-17(21-12)19(2,3)4)6-5-9-20-18(23)22-13-7-8-15-16(10-13)25-11-24-15/h7-8,10H,5-6,9,11H2,1-4H3,(H2,20,22,23). The Bertz CT molecular complexity index is 793. The fraction of sp³-hybridized carbons (Fsp3) is 0.474. The number of aromatic nitrogens is 1. The zero-order valence-corrected chi connectivity index (χ0v) is 15.6. The third-order valence-electron chi connectivity index (χ3n) is 4.03. The monoisotopic (exact) mass is 359 g/mol. The van der Waals surface area contributed by atoms with Crippen LogP contribution in [0, 0.1) is 6.92 Å². The van der Waals surface area contributed by atoms with Gasteiger partial charge < -0.3 is 24.5 Å². The lowest BCUT2D eigenvalue weighted by molar-refractivity contribution is 0.174. The number of fused-ring (bicyclic) bond motifs is 1. The van der Waals surface area contributed by atoms with Crippen molar-refractivity contribution in [2.75, 3.05) is 18.7 Å². The van der Waals surface area contributed by atoms with Crippen molar-refractivity contribution in [3.63, 3.8) is 0 Å². The maximum Gasteiger partial charge on any atom is 0.319 e. The maximum atomic E-state index is 12.0. The van der Waals surface area contributed by atoms with Gasteiger partial charge in [-0.25, -0.2) is 9.78 Å². The number of nitrogens with zero attached hydrogens (tertiary/aromatic N) is 1. The van der Waals surface area contributed by atoms with Crippen molar-refractivity contribution >= 4 is 11.7 Å². The molecule has 0 atom stereocenters. The average Bonchev–Trinajstić information content (AvgIpc) is 3.17. The molecule has 1 aliphatic heterocycles. The van der Waals surface area contributed by atoms with Crippen LogP contribution in [0.2, 0.25) is 0 Å². The van der Waals surface area contributed by atoms with Gasteiger partial charge in [-0.3, -0.25) is 0 Å². The molecule has 7 heteroatoms. The van der Waals surface area contributed by atoms with Gasteiger partial charge in [-0.1, -0.05) is 20.8 Å². The van der Waals surface area contributed by atoms with E-state index in [9.17, 15) is 4.79 Å². The highest BCUT2D eigenvalue weighted by Gasteiger charge is 2.22. The predicted octanol–water partition coefficient (Wildman–Crippen LogP) is 3.76. The Hall–Kier alpha value is -2.70. The molecular formula is C19H25N3O4. The largest absolute Gasteiger partial charge is 0.454 e. The molecule has 0 fully saturated rings. The van der Waals surface area contributed by atoms with Crippen molar-refractivity contribution in [2.24, 2.45) is 0 Å². The first-order chi connectivity index (χ1) is 12.3. The maximum absolute atomic E-state index is 12.0. The van der Waals surface area contributed by atoms with Crippen molar-refractivity contribution in [1.29, 1.82) is 0 Å². The number of carbonyl (C=O) groups excluding carboxylic acids is 1. The van der Waals surface area contributed by atoms with Gasteiger partial charge in [0.2, 0.25) is 6.79 Å². The van der Waals surface area contributed by atoms with Crippen LogP contribution in [0.4, 0.5) is 10.5 Å². The molecule has 0 aliphatic carbocycles. The van der Waals surface area contributed by atoms with Crippen molar-refractivity contribution in [3.8, 4) is 11.5 Å². The second kappa shape index (κ2) is 7.27. The Morgan fingerprint density at radius 1 is 1.23 bits per heavy atom. The van der Waals surface area contributed by atoms with E-state index in [2.05, 4.69) is 36.4 Å². The fourth-order valence-corrected chi connectivity index (χ4v) is 2.58. The summed E-state index contributed by atoms with van der Waals surface area (Å²) in [6.07, 6.45) is 1.51. The summed E-state index contributed by atoms with van der Waals surface area (Å²) in [5.41, 5.74) is 1.47. The van der Waals surface area contributed by atoms with Gasteiger partial charge in [0.05, 0.1) is 5.69 Å². The Labute approximate surface area is 153 Å². The van der Waals surface area contributed by atoms with E-state index in [4.69, 9.17) is 13.9 Å². The van der Waals surface area contributed by atoms with Crippen LogP contribution in [-0.2, 0) is 11.8 Å². The molecule has 0 saturated heterocycles. The first-order valence-corrected chi connectivity index (χ1v) is 8.74. The van der Waals surface area contributed by atoms with Crippen LogP contribution >= 0.6 is 0 Å². The molecule has 1 aliphatic rings. The molecule has 0 spiro atoms. The first-order valence-electron chi connectivity index (χ1n) is 8.74. The molecule has 2 heterocycles. The highest BCUT2D eigenvalue weighted by molar-refractivity contribution is 5.89. The summed E-state index contributed by atoms with van der Waals surface area (Å²) in [6.45, 7) is 8.93. The topological polar surface area (TPSA) is 85.6 Å². The number of benzene rings is 1. The van der Waals surface area contributed by atoms with Gasteiger partial charge in [0.1, 0.15) is 5.76 Å². The van der Waals surface area contributed by atoms with Gasteiger partial charge in [0.15, 0.2) is 17.4 Å². The van der Waals surface area contributed by atoms with E-state index < -0.39 is 0 Å². The number of ether oxygens (including phenoxy) is 2. The van der Waals surface area contributed by atoms with Gasteiger partial charge in [0.25, 0.3) is 0 Å². The Kier molecular flexibility index (Phi) is 5.06. The van der Waals surface area contributed by atoms with E-state index in [-0.39, 0.29) is 18.2 Å². The number of carbonyl (C=O) groups is 1. The Morgan fingerprint density at radius 2 is 2.00 bits per heavy atom. The molecule has 140 valence electrons. The molecule has 0 radical (unpaired) electrons. The number of urea groups is 1. The molecule has 7 nitrogen and oxygen atoms in total. The number of oxazole rings is 1. The summed E-state index contributed by atoms with van der Waals surface area (Å²) < 4.78 is 16.4. The van der Waals surface area contributed by atoms with Crippen molar-refractivity contribution in [3.05, 3.63) is 35.5 Å². The van der Waals surface area contributed by atoms with E-state index >= 15 is 0 Å². The third kappa shape index (κ3) is 4.28. The molecule has 2 amide bonds. The number of rotatable bonds is 5. The molecule has 3 rings (SSSR count). The molecule has 1 aromatic heterocycles. The number of hydrogen-bond acceptors (Lipinski definition) is 5. The van der Waals surface area contributed by atoms with Crippen LogP contribution in [0.5, 0.6) is 11.5 Å². The van der Waals surface area contributed by atoms with E-state index in [1.54, 1.807) is 18.2 Å². The highest BCUT2D eigenvalue weighted by atomic mass is 16.7. The van der Waals surface area contributed by atoms with Crippen LogP contribution in [0.15, 0.2) is 22.6 Å². The molecule has 2 N–H and O–H groups in total. The lowest BCUT2D eigenvalue weighted by Gasteiger charge is -2.12. The summed E-state index contributed by atoms with van der Waals surface area (Å²) in [7, 11) is 0. The zero-order chi connectivity index (χ0) is 18.7. The van der Waals surface area contributed by atoms with Gasteiger partial charge >= 0.3 is 6.03 Å². The lowest BCUT2D eigenvalue weighted by Crippen LogP contribution is -2.29. The molecule has 2 aromatic rings. The molecule has 0 saturated carbocycles. The van der Waals surface area contributed by atoms with E-state index in [0.29, 0.717) is 23.7 Å². The third-order valence-corrected chi connectivity index (χ3v) is 4.03. The normalized spacial score (nSPS) is 12.9. The number of aryl methyl sites for hydroxylation is 2. The summed E-state index contributed by atoms with van der Waals surface area (Å²) in [5.74, 6) is 2.96. The van der Waals surface area contributed by atoms with Crippen molar-refractivity contribution in [1.82, 2.24) is 10.3 Å². The first kappa shape index (κ1) is 18.1. The minimum atomic E-state index is -0.256. The Balaban J connectivity index is 1.44. The van der Waals surface area contributed by atoms with E-state index in [0.717, 1.165) is 30.2 Å². The SMILES string of the molecule is Cc1nc(C(C)(C)C)oc1CCCNC(=O)Nc1ccc2c(c1)OCO2. The smallest absolute Gasteiger partial charge is 0.319 e. The van der Waals surface area contributed by atoms with Gasteiger partial charge in [0, 0.05) is 30.1 Å². The molecule has 26 heavy (non-hydrogen) atoms. The number of nitrogens with one attached hydrogen (secondary N) is 2. The lowest BCUT2D eigenvalue weighted by atomic mass is 9.97. The fourth-order valence-electron chi connectivity index (χ4n) is 2.58. The van der Waals surface area contributed by atoms with Crippen LogP contribution in [0.1, 0.15) is 44.5 Å². The minimum absolute atomic E-state index is 0.105. The highest BCUT2D eigenvalue weighted by Crippen LogP contribution is 2.34. The van der Waals surface area contributed by atoms with Crippen LogP contribution in [0.25, 0.3) is 0 Å². The number of hydrogen-bond donors (Lipinski definition) is 2. The summed E-state index contributed by atoms with van der Waals surface area (Å²) in [6, 6.07) is 5.04.